The van der Waals surface area contributed by atoms with Crippen LogP contribution in [-0.4, -0.2) is 34.1 Å². The van der Waals surface area contributed by atoms with E-state index in [2.05, 4.69) is 25.7 Å². The van der Waals surface area contributed by atoms with Crippen LogP contribution in [0.1, 0.15) is 33.6 Å². The second-order valence-electron chi connectivity index (χ2n) is 4.04. The van der Waals surface area contributed by atoms with E-state index in [4.69, 9.17) is 0 Å². The molecule has 0 atom stereocenters. The lowest BCUT2D eigenvalue weighted by Crippen LogP contribution is -2.05. The van der Waals surface area contributed by atoms with Gasteiger partial charge in [0.1, 0.15) is 0 Å². The van der Waals surface area contributed by atoms with Gasteiger partial charge in [0.05, 0.1) is 9.52 Å². The highest BCUT2D eigenvalue weighted by molar-refractivity contribution is 6.45. The standard InChI is InChI=1S/C11H23NSi/c1-4-11(5-2)10(3)13-9-8-12-6-7-12/h4-9,13H2,1-3H3. The second kappa shape index (κ2) is 5.61. The zero-order chi connectivity index (χ0) is 9.68. The Labute approximate surface area is 85.0 Å². The molecule has 0 aliphatic carbocycles. The maximum atomic E-state index is 2.54. The van der Waals surface area contributed by atoms with Crippen LogP contribution in [0.4, 0.5) is 0 Å². The minimum absolute atomic E-state index is 0.101. The van der Waals surface area contributed by atoms with Gasteiger partial charge in [-0.1, -0.05) is 24.6 Å². The van der Waals surface area contributed by atoms with Crippen LogP contribution < -0.4 is 0 Å². The van der Waals surface area contributed by atoms with Crippen LogP contribution in [0.2, 0.25) is 6.04 Å². The van der Waals surface area contributed by atoms with E-state index < -0.39 is 0 Å². The molecule has 0 unspecified atom stereocenters. The Balaban J connectivity index is 2.19. The van der Waals surface area contributed by atoms with Crippen molar-refractivity contribution in [2.75, 3.05) is 19.6 Å². The summed E-state index contributed by atoms with van der Waals surface area (Å²) < 4.78 is 0. The topological polar surface area (TPSA) is 3.01 Å². The van der Waals surface area contributed by atoms with Crippen molar-refractivity contribution in [3.05, 3.63) is 10.8 Å². The predicted octanol–water partition coefficient (Wildman–Crippen LogP) is 1.98. The maximum absolute atomic E-state index is 2.54. The summed E-state index contributed by atoms with van der Waals surface area (Å²) in [7, 11) is 0.101. The summed E-state index contributed by atoms with van der Waals surface area (Å²) in [6.07, 6.45) is 2.55. The van der Waals surface area contributed by atoms with Crippen LogP contribution in [0.3, 0.4) is 0 Å². The molecule has 0 aromatic rings. The molecule has 1 rings (SSSR count). The molecule has 1 fully saturated rings. The smallest absolute Gasteiger partial charge is 0.0504 e. The summed E-state index contributed by atoms with van der Waals surface area (Å²) in [6, 6.07) is 1.50. The van der Waals surface area contributed by atoms with E-state index >= 15 is 0 Å². The summed E-state index contributed by atoms with van der Waals surface area (Å²) in [5.74, 6) is 0. The first kappa shape index (κ1) is 11.0. The van der Waals surface area contributed by atoms with Crippen LogP contribution in [0.15, 0.2) is 10.8 Å². The molecule has 0 aromatic carbocycles. The van der Waals surface area contributed by atoms with Crippen molar-refractivity contribution < 1.29 is 0 Å². The molecule has 0 bridgehead atoms. The van der Waals surface area contributed by atoms with E-state index in [1.165, 1.54) is 38.5 Å². The van der Waals surface area contributed by atoms with Crippen molar-refractivity contribution in [3.63, 3.8) is 0 Å². The third-order valence-corrected chi connectivity index (χ3v) is 4.94. The molecule has 0 aromatic heterocycles. The summed E-state index contributed by atoms with van der Waals surface area (Å²) in [6.45, 7) is 11.1. The number of allylic oxidation sites excluding steroid dienone is 2. The van der Waals surface area contributed by atoms with Gasteiger partial charge in [0, 0.05) is 13.1 Å². The molecule has 1 aliphatic heterocycles. The van der Waals surface area contributed by atoms with Crippen molar-refractivity contribution >= 4 is 9.52 Å². The van der Waals surface area contributed by atoms with Gasteiger partial charge in [-0.25, -0.2) is 0 Å². The predicted molar refractivity (Wildman–Crippen MR) is 63.1 cm³/mol. The van der Waals surface area contributed by atoms with Crippen LogP contribution in [-0.2, 0) is 0 Å². The van der Waals surface area contributed by atoms with Gasteiger partial charge < -0.3 is 4.90 Å². The van der Waals surface area contributed by atoms with Crippen molar-refractivity contribution in [2.45, 2.75) is 39.7 Å². The third-order valence-electron chi connectivity index (χ3n) is 3.02. The summed E-state index contributed by atoms with van der Waals surface area (Å²) in [4.78, 5) is 2.54. The quantitative estimate of drug-likeness (QED) is 0.465. The van der Waals surface area contributed by atoms with E-state index in [1.54, 1.807) is 10.8 Å². The normalized spacial score (nSPS) is 16.8. The fourth-order valence-corrected chi connectivity index (χ4v) is 3.88. The molecule has 0 spiro atoms. The summed E-state index contributed by atoms with van der Waals surface area (Å²) in [5, 5.41) is 1.78. The molecule has 1 heterocycles. The first-order valence-corrected chi connectivity index (χ1v) is 7.38. The second-order valence-corrected chi connectivity index (χ2v) is 6.30. The van der Waals surface area contributed by atoms with Crippen molar-refractivity contribution in [2.24, 2.45) is 0 Å². The SMILES string of the molecule is CCC(CC)=C(C)[SiH2]CCN1CC1. The van der Waals surface area contributed by atoms with Gasteiger partial charge in [-0.3, -0.25) is 0 Å². The van der Waals surface area contributed by atoms with E-state index in [-0.39, 0.29) is 9.52 Å². The van der Waals surface area contributed by atoms with Crippen molar-refractivity contribution in [3.8, 4) is 0 Å². The number of nitrogens with zero attached hydrogens (tertiary/aromatic N) is 1. The highest BCUT2D eigenvalue weighted by Crippen LogP contribution is 2.13. The fourth-order valence-electron chi connectivity index (χ4n) is 1.89. The van der Waals surface area contributed by atoms with Crippen molar-refractivity contribution in [1.29, 1.82) is 0 Å². The molecule has 1 nitrogen and oxygen atoms in total. The van der Waals surface area contributed by atoms with Crippen LogP contribution in [0.5, 0.6) is 0 Å². The minimum atomic E-state index is 0.101. The summed E-state index contributed by atoms with van der Waals surface area (Å²) >= 11 is 0. The average molecular weight is 197 g/mol. The summed E-state index contributed by atoms with van der Waals surface area (Å²) in [5.41, 5.74) is 1.73. The first-order chi connectivity index (χ1) is 6.27. The number of hydrogen-bond acceptors (Lipinski definition) is 1. The molecule has 1 saturated heterocycles. The molecule has 76 valence electrons. The molecule has 0 N–H and O–H groups in total. The minimum Gasteiger partial charge on any atom is -0.301 e. The molecule has 0 radical (unpaired) electrons. The Kier molecular flexibility index (Phi) is 4.74. The lowest BCUT2D eigenvalue weighted by atomic mass is 10.1. The molecule has 13 heavy (non-hydrogen) atoms. The Hall–Kier alpha value is -0.0831. The Morgan fingerprint density at radius 2 is 1.85 bits per heavy atom. The molecular formula is C11H23NSi. The zero-order valence-corrected chi connectivity index (χ0v) is 10.8. The average Bonchev–Trinajstić information content (AvgIpc) is 2.90. The van der Waals surface area contributed by atoms with E-state index in [0.717, 1.165) is 0 Å². The first-order valence-electron chi connectivity index (χ1n) is 5.67. The van der Waals surface area contributed by atoms with Gasteiger partial charge in [0.25, 0.3) is 0 Å². The highest BCUT2D eigenvalue weighted by Gasteiger charge is 2.15. The van der Waals surface area contributed by atoms with Gasteiger partial charge in [-0.15, -0.1) is 0 Å². The van der Waals surface area contributed by atoms with Crippen LogP contribution >= 0.6 is 0 Å². The van der Waals surface area contributed by atoms with Gasteiger partial charge >= 0.3 is 0 Å². The monoisotopic (exact) mass is 197 g/mol. The molecular weight excluding hydrogens is 174 g/mol. The van der Waals surface area contributed by atoms with Gasteiger partial charge in [-0.05, 0) is 32.4 Å². The highest BCUT2D eigenvalue weighted by atomic mass is 28.2. The fraction of sp³-hybridized carbons (Fsp3) is 0.818. The van der Waals surface area contributed by atoms with Gasteiger partial charge in [0.2, 0.25) is 0 Å². The van der Waals surface area contributed by atoms with Crippen molar-refractivity contribution in [1.82, 2.24) is 4.90 Å². The molecule has 1 aliphatic rings. The lowest BCUT2D eigenvalue weighted by molar-refractivity contribution is 0.593. The Bertz CT molecular complexity index is 177. The van der Waals surface area contributed by atoms with E-state index in [9.17, 15) is 0 Å². The Morgan fingerprint density at radius 1 is 1.23 bits per heavy atom. The molecule has 0 saturated carbocycles. The van der Waals surface area contributed by atoms with Gasteiger partial charge in [0.15, 0.2) is 0 Å². The third kappa shape index (κ3) is 4.10. The van der Waals surface area contributed by atoms with Gasteiger partial charge in [-0.2, -0.15) is 0 Å². The molecule has 2 heteroatoms. The maximum Gasteiger partial charge on any atom is 0.0504 e. The lowest BCUT2D eigenvalue weighted by Gasteiger charge is -2.07. The van der Waals surface area contributed by atoms with Crippen LogP contribution in [0.25, 0.3) is 0 Å². The largest absolute Gasteiger partial charge is 0.301 e. The van der Waals surface area contributed by atoms with E-state index in [1.807, 2.05) is 0 Å². The number of hydrogen-bond donors (Lipinski definition) is 0. The zero-order valence-electron chi connectivity index (χ0n) is 9.40. The van der Waals surface area contributed by atoms with Crippen LogP contribution in [0, 0.1) is 0 Å². The van der Waals surface area contributed by atoms with E-state index in [0.29, 0.717) is 0 Å². The molecule has 0 amide bonds. The number of rotatable bonds is 6. The Morgan fingerprint density at radius 3 is 2.31 bits per heavy atom.